The van der Waals surface area contributed by atoms with Crippen molar-refractivity contribution in [1.29, 1.82) is 0 Å². The normalized spacial score (nSPS) is 14.1. The molecule has 0 aliphatic heterocycles. The number of nitrogens with two attached hydrogens (primary N) is 1. The van der Waals surface area contributed by atoms with Crippen molar-refractivity contribution < 1.29 is 5.11 Å². The first-order valence-corrected chi connectivity index (χ1v) is 8.51. The number of benzene rings is 1. The molecule has 0 bridgehead atoms. The van der Waals surface area contributed by atoms with Gasteiger partial charge in [-0.15, -0.1) is 0 Å². The maximum Gasteiger partial charge on any atom is 0.125 e. The summed E-state index contributed by atoms with van der Waals surface area (Å²) in [6.45, 7) is 9.22. The molecule has 2 heteroatoms. The van der Waals surface area contributed by atoms with E-state index in [-0.39, 0.29) is 0 Å². The van der Waals surface area contributed by atoms with Gasteiger partial charge in [0, 0.05) is 5.56 Å². The Labute approximate surface area is 136 Å². The highest BCUT2D eigenvalue weighted by atomic mass is 16.3. The van der Waals surface area contributed by atoms with Gasteiger partial charge in [-0.2, -0.15) is 0 Å². The lowest BCUT2D eigenvalue weighted by atomic mass is 9.88. The first-order chi connectivity index (χ1) is 10.5. The molecule has 0 aliphatic carbocycles. The van der Waals surface area contributed by atoms with Gasteiger partial charge in [0.25, 0.3) is 0 Å². The maximum absolute atomic E-state index is 10.6. The second-order valence-electron chi connectivity index (χ2n) is 6.41. The van der Waals surface area contributed by atoms with E-state index < -0.39 is 5.60 Å². The minimum absolute atomic E-state index is 0.414. The van der Waals surface area contributed by atoms with Gasteiger partial charge in [-0.25, -0.2) is 0 Å². The largest absolute Gasteiger partial charge is 0.378 e. The molecule has 1 aromatic rings. The number of aliphatic hydroxyl groups is 1. The molecule has 3 N–H and O–H groups in total. The van der Waals surface area contributed by atoms with Crippen LogP contribution in [0.25, 0.3) is 0 Å². The van der Waals surface area contributed by atoms with Crippen molar-refractivity contribution in [1.82, 2.24) is 0 Å². The second kappa shape index (κ2) is 8.98. The fraction of sp³-hybridized carbons (Fsp3) is 0.600. The summed E-state index contributed by atoms with van der Waals surface area (Å²) in [5.41, 5.74) is 7.15. The molecule has 1 rings (SSSR count). The molecule has 0 fully saturated rings. The molecule has 0 spiro atoms. The lowest BCUT2D eigenvalue weighted by molar-refractivity contribution is 0.0807. The third-order valence-corrected chi connectivity index (χ3v) is 4.40. The average molecular weight is 301 g/mol. The van der Waals surface area contributed by atoms with Crippen molar-refractivity contribution in [3.8, 4) is 11.8 Å². The van der Waals surface area contributed by atoms with Crippen molar-refractivity contribution in [2.75, 3.05) is 6.54 Å². The van der Waals surface area contributed by atoms with Crippen LogP contribution in [0.2, 0.25) is 0 Å². The molecular formula is C20H31NO. The molecule has 1 aromatic carbocycles. The highest BCUT2D eigenvalue weighted by molar-refractivity contribution is 5.39. The third kappa shape index (κ3) is 5.48. The predicted octanol–water partition coefficient (Wildman–Crippen LogP) is 4.07. The average Bonchev–Trinajstić information content (AvgIpc) is 2.52. The Morgan fingerprint density at radius 1 is 1.18 bits per heavy atom. The topological polar surface area (TPSA) is 46.2 Å². The van der Waals surface area contributed by atoms with Crippen LogP contribution in [0.15, 0.2) is 24.3 Å². The Bertz CT molecular complexity index is 506. The van der Waals surface area contributed by atoms with Gasteiger partial charge in [-0.1, -0.05) is 64.5 Å². The van der Waals surface area contributed by atoms with Gasteiger partial charge in [-0.3, -0.25) is 0 Å². The molecule has 0 saturated carbocycles. The SMILES string of the molecule is CCCC(O)(C#Cc1cccc([C@H](C)[C@H](C)CN)c1)CCC. The molecule has 0 radical (unpaired) electrons. The number of rotatable bonds is 7. The molecule has 22 heavy (non-hydrogen) atoms. The lowest BCUT2D eigenvalue weighted by Gasteiger charge is -2.21. The zero-order valence-electron chi connectivity index (χ0n) is 14.5. The lowest BCUT2D eigenvalue weighted by Crippen LogP contribution is -2.25. The summed E-state index contributed by atoms with van der Waals surface area (Å²) in [7, 11) is 0. The number of hydrogen-bond acceptors (Lipinski definition) is 2. The minimum Gasteiger partial charge on any atom is -0.378 e. The fourth-order valence-corrected chi connectivity index (χ4v) is 2.70. The summed E-state index contributed by atoms with van der Waals surface area (Å²) in [4.78, 5) is 0. The zero-order valence-corrected chi connectivity index (χ0v) is 14.5. The zero-order chi connectivity index (χ0) is 16.6. The van der Waals surface area contributed by atoms with Gasteiger partial charge in [0.15, 0.2) is 0 Å². The van der Waals surface area contributed by atoms with Crippen molar-refractivity contribution in [2.45, 2.75) is 64.9 Å². The Hall–Kier alpha value is -1.30. The Morgan fingerprint density at radius 3 is 2.36 bits per heavy atom. The molecule has 2 nitrogen and oxygen atoms in total. The maximum atomic E-state index is 10.6. The van der Waals surface area contributed by atoms with Gasteiger partial charge in [0.2, 0.25) is 0 Å². The first kappa shape index (κ1) is 18.7. The van der Waals surface area contributed by atoms with Crippen LogP contribution in [-0.4, -0.2) is 17.3 Å². The highest BCUT2D eigenvalue weighted by Gasteiger charge is 2.21. The van der Waals surface area contributed by atoms with E-state index in [0.717, 1.165) is 31.2 Å². The van der Waals surface area contributed by atoms with E-state index in [2.05, 4.69) is 51.7 Å². The van der Waals surface area contributed by atoms with E-state index in [1.54, 1.807) is 0 Å². The first-order valence-electron chi connectivity index (χ1n) is 8.51. The Kier molecular flexibility index (Phi) is 7.65. The van der Waals surface area contributed by atoms with E-state index in [9.17, 15) is 5.11 Å². The van der Waals surface area contributed by atoms with E-state index in [0.29, 0.717) is 18.4 Å². The summed E-state index contributed by atoms with van der Waals surface area (Å²) < 4.78 is 0. The smallest absolute Gasteiger partial charge is 0.125 e. The predicted molar refractivity (Wildman–Crippen MR) is 94.7 cm³/mol. The van der Waals surface area contributed by atoms with Gasteiger partial charge >= 0.3 is 0 Å². The van der Waals surface area contributed by atoms with E-state index in [1.165, 1.54) is 5.56 Å². The fourth-order valence-electron chi connectivity index (χ4n) is 2.70. The Balaban J connectivity index is 2.97. The summed E-state index contributed by atoms with van der Waals surface area (Å²) in [6.07, 6.45) is 3.34. The van der Waals surface area contributed by atoms with E-state index >= 15 is 0 Å². The van der Waals surface area contributed by atoms with Gasteiger partial charge in [0.1, 0.15) is 5.60 Å². The number of hydrogen-bond donors (Lipinski definition) is 2. The highest BCUT2D eigenvalue weighted by Crippen LogP contribution is 2.24. The van der Waals surface area contributed by atoms with Gasteiger partial charge in [-0.05, 0) is 48.9 Å². The molecular weight excluding hydrogens is 270 g/mol. The van der Waals surface area contributed by atoms with Gasteiger partial charge < -0.3 is 10.8 Å². The molecule has 0 unspecified atom stereocenters. The van der Waals surface area contributed by atoms with Crippen LogP contribution in [0, 0.1) is 17.8 Å². The molecule has 122 valence electrons. The second-order valence-corrected chi connectivity index (χ2v) is 6.41. The van der Waals surface area contributed by atoms with Crippen LogP contribution in [0.5, 0.6) is 0 Å². The van der Waals surface area contributed by atoms with Crippen LogP contribution >= 0.6 is 0 Å². The van der Waals surface area contributed by atoms with Crippen LogP contribution in [0.3, 0.4) is 0 Å². The molecule has 2 atom stereocenters. The van der Waals surface area contributed by atoms with Crippen molar-refractivity contribution in [2.24, 2.45) is 11.7 Å². The summed E-state index contributed by atoms with van der Waals surface area (Å²) in [6, 6.07) is 8.31. The van der Waals surface area contributed by atoms with Crippen LogP contribution < -0.4 is 5.73 Å². The quantitative estimate of drug-likeness (QED) is 0.746. The standard InChI is InChI=1S/C20H31NO/c1-5-11-20(22,12-6-2)13-10-18-8-7-9-19(14-18)17(4)16(3)15-21/h7-9,14,16-17,22H,5-6,11-12,15,21H2,1-4H3/t16-,17-/m1/s1. The minimum atomic E-state index is -0.852. The molecule has 0 aromatic heterocycles. The molecule has 0 aliphatic rings. The van der Waals surface area contributed by atoms with Crippen LogP contribution in [0.1, 0.15) is 70.4 Å². The van der Waals surface area contributed by atoms with Crippen molar-refractivity contribution in [3.05, 3.63) is 35.4 Å². The summed E-state index contributed by atoms with van der Waals surface area (Å²) >= 11 is 0. The summed E-state index contributed by atoms with van der Waals surface area (Å²) in [5, 5.41) is 10.6. The van der Waals surface area contributed by atoms with E-state index in [4.69, 9.17) is 5.73 Å². The van der Waals surface area contributed by atoms with Crippen molar-refractivity contribution in [3.63, 3.8) is 0 Å². The van der Waals surface area contributed by atoms with Crippen LogP contribution in [-0.2, 0) is 0 Å². The van der Waals surface area contributed by atoms with Crippen molar-refractivity contribution >= 4 is 0 Å². The van der Waals surface area contributed by atoms with E-state index in [1.807, 2.05) is 12.1 Å². The van der Waals surface area contributed by atoms with Crippen LogP contribution in [0.4, 0.5) is 0 Å². The van der Waals surface area contributed by atoms with Gasteiger partial charge in [0.05, 0.1) is 0 Å². The molecule has 0 saturated heterocycles. The third-order valence-electron chi connectivity index (χ3n) is 4.40. The molecule has 0 amide bonds. The monoisotopic (exact) mass is 301 g/mol. The molecule has 0 heterocycles. The summed E-state index contributed by atoms with van der Waals surface area (Å²) in [5.74, 6) is 7.14. The Morgan fingerprint density at radius 2 is 1.82 bits per heavy atom.